The van der Waals surface area contributed by atoms with Crippen molar-refractivity contribution < 1.29 is 9.47 Å². The molecule has 1 aliphatic rings. The highest BCUT2D eigenvalue weighted by Gasteiger charge is 2.12. The van der Waals surface area contributed by atoms with Crippen LogP contribution >= 0.6 is 0 Å². The second-order valence-corrected chi connectivity index (χ2v) is 3.17. The van der Waals surface area contributed by atoms with Crippen LogP contribution in [0.3, 0.4) is 0 Å². The lowest BCUT2D eigenvalue weighted by Crippen LogP contribution is -2.23. The average molecular weight is 156 g/mol. The van der Waals surface area contributed by atoms with Gasteiger partial charge in [0.1, 0.15) is 6.10 Å². The summed E-state index contributed by atoms with van der Waals surface area (Å²) in [4.78, 5) is 0. The Hall–Kier alpha value is -0.500. The molecule has 1 rings (SSSR count). The molecule has 0 N–H and O–H groups in total. The zero-order chi connectivity index (χ0) is 8.10. The van der Waals surface area contributed by atoms with Crippen molar-refractivity contribution in [3.8, 4) is 0 Å². The summed E-state index contributed by atoms with van der Waals surface area (Å²) in [5.74, 6) is 0. The summed E-state index contributed by atoms with van der Waals surface area (Å²) in [7, 11) is 0. The normalized spacial score (nSPS) is 24.4. The standard InChI is InChI=1S/C9H16O2/c1-8(2)6-11-9-4-3-5-10-7-9/h6,9H,3-5,7H2,1-2H3. The van der Waals surface area contributed by atoms with Gasteiger partial charge in [-0.1, -0.05) is 0 Å². The van der Waals surface area contributed by atoms with E-state index in [1.807, 2.05) is 20.1 Å². The molecule has 0 bridgehead atoms. The summed E-state index contributed by atoms with van der Waals surface area (Å²) in [6.07, 6.45) is 4.36. The van der Waals surface area contributed by atoms with Gasteiger partial charge in [-0.15, -0.1) is 0 Å². The van der Waals surface area contributed by atoms with E-state index in [4.69, 9.17) is 9.47 Å². The molecule has 1 aliphatic heterocycles. The Morgan fingerprint density at radius 2 is 2.36 bits per heavy atom. The largest absolute Gasteiger partial charge is 0.496 e. The van der Waals surface area contributed by atoms with Gasteiger partial charge < -0.3 is 9.47 Å². The molecular formula is C9H16O2. The van der Waals surface area contributed by atoms with E-state index in [9.17, 15) is 0 Å². The third-order valence-electron chi connectivity index (χ3n) is 1.61. The van der Waals surface area contributed by atoms with Crippen LogP contribution in [-0.2, 0) is 9.47 Å². The van der Waals surface area contributed by atoms with Gasteiger partial charge in [-0.25, -0.2) is 0 Å². The van der Waals surface area contributed by atoms with Crippen LogP contribution in [0.4, 0.5) is 0 Å². The summed E-state index contributed by atoms with van der Waals surface area (Å²) in [6.45, 7) is 5.71. The molecule has 0 spiro atoms. The molecule has 0 aliphatic carbocycles. The van der Waals surface area contributed by atoms with E-state index >= 15 is 0 Å². The Morgan fingerprint density at radius 1 is 1.55 bits per heavy atom. The van der Waals surface area contributed by atoms with Gasteiger partial charge in [0, 0.05) is 6.61 Å². The Balaban J connectivity index is 2.19. The summed E-state index contributed by atoms with van der Waals surface area (Å²) < 4.78 is 10.7. The maximum Gasteiger partial charge on any atom is 0.121 e. The van der Waals surface area contributed by atoms with Crippen molar-refractivity contribution in [1.29, 1.82) is 0 Å². The van der Waals surface area contributed by atoms with Crippen molar-refractivity contribution in [2.75, 3.05) is 13.2 Å². The first-order valence-electron chi connectivity index (χ1n) is 4.15. The monoisotopic (exact) mass is 156 g/mol. The SMILES string of the molecule is CC(C)=COC1CCCOC1. The third-order valence-corrected chi connectivity index (χ3v) is 1.61. The first-order chi connectivity index (χ1) is 5.29. The number of ether oxygens (including phenoxy) is 2. The molecule has 0 amide bonds. The van der Waals surface area contributed by atoms with E-state index in [1.54, 1.807) is 0 Å². The molecule has 11 heavy (non-hydrogen) atoms. The second kappa shape index (κ2) is 4.39. The minimum atomic E-state index is 0.290. The predicted molar refractivity (Wildman–Crippen MR) is 44.4 cm³/mol. The van der Waals surface area contributed by atoms with Crippen LogP contribution in [0.2, 0.25) is 0 Å². The average Bonchev–Trinajstić information content (AvgIpc) is 2.03. The van der Waals surface area contributed by atoms with Crippen LogP contribution in [0.1, 0.15) is 26.7 Å². The minimum absolute atomic E-state index is 0.290. The van der Waals surface area contributed by atoms with E-state index in [0.29, 0.717) is 6.10 Å². The number of hydrogen-bond acceptors (Lipinski definition) is 2. The van der Waals surface area contributed by atoms with E-state index in [-0.39, 0.29) is 0 Å². The van der Waals surface area contributed by atoms with E-state index in [1.165, 1.54) is 5.57 Å². The van der Waals surface area contributed by atoms with Crippen molar-refractivity contribution in [1.82, 2.24) is 0 Å². The lowest BCUT2D eigenvalue weighted by Gasteiger charge is -2.21. The van der Waals surface area contributed by atoms with Crippen molar-refractivity contribution in [2.24, 2.45) is 0 Å². The molecule has 2 heteroatoms. The fourth-order valence-electron chi connectivity index (χ4n) is 1.05. The lowest BCUT2D eigenvalue weighted by atomic mass is 10.2. The highest BCUT2D eigenvalue weighted by Crippen LogP contribution is 2.10. The van der Waals surface area contributed by atoms with Crippen molar-refractivity contribution >= 4 is 0 Å². The van der Waals surface area contributed by atoms with Gasteiger partial charge in [-0.3, -0.25) is 0 Å². The van der Waals surface area contributed by atoms with E-state index in [0.717, 1.165) is 26.1 Å². The Labute approximate surface area is 68.2 Å². The molecule has 0 aromatic heterocycles. The van der Waals surface area contributed by atoms with Gasteiger partial charge >= 0.3 is 0 Å². The quantitative estimate of drug-likeness (QED) is 0.570. The van der Waals surface area contributed by atoms with E-state index in [2.05, 4.69) is 0 Å². The molecule has 0 aromatic carbocycles. The molecule has 2 nitrogen and oxygen atoms in total. The Morgan fingerprint density at radius 3 is 2.91 bits per heavy atom. The van der Waals surface area contributed by atoms with Crippen molar-refractivity contribution in [2.45, 2.75) is 32.8 Å². The molecule has 1 atom stereocenters. The van der Waals surface area contributed by atoms with Crippen LogP contribution in [0.25, 0.3) is 0 Å². The van der Waals surface area contributed by atoms with Crippen LogP contribution < -0.4 is 0 Å². The maximum absolute atomic E-state index is 5.46. The molecule has 0 radical (unpaired) electrons. The molecular weight excluding hydrogens is 140 g/mol. The first kappa shape index (κ1) is 8.60. The van der Waals surface area contributed by atoms with Crippen molar-refractivity contribution in [3.63, 3.8) is 0 Å². The molecule has 0 aromatic rings. The zero-order valence-electron chi connectivity index (χ0n) is 7.30. The Bertz CT molecular complexity index is 130. The first-order valence-corrected chi connectivity index (χ1v) is 4.15. The highest BCUT2D eigenvalue weighted by atomic mass is 16.5. The summed E-state index contributed by atoms with van der Waals surface area (Å²) in [5.41, 5.74) is 1.20. The van der Waals surface area contributed by atoms with Crippen LogP contribution in [0.5, 0.6) is 0 Å². The predicted octanol–water partition coefficient (Wildman–Crippen LogP) is 2.11. The van der Waals surface area contributed by atoms with Gasteiger partial charge in [0.25, 0.3) is 0 Å². The topological polar surface area (TPSA) is 18.5 Å². The number of rotatable bonds is 2. The maximum atomic E-state index is 5.46. The number of hydrogen-bond donors (Lipinski definition) is 0. The van der Waals surface area contributed by atoms with Gasteiger partial charge in [0.2, 0.25) is 0 Å². The third kappa shape index (κ3) is 3.42. The van der Waals surface area contributed by atoms with Gasteiger partial charge in [-0.05, 0) is 32.3 Å². The van der Waals surface area contributed by atoms with Gasteiger partial charge in [-0.2, -0.15) is 0 Å². The van der Waals surface area contributed by atoms with Gasteiger partial charge in [0.05, 0.1) is 12.9 Å². The van der Waals surface area contributed by atoms with E-state index < -0.39 is 0 Å². The van der Waals surface area contributed by atoms with Crippen molar-refractivity contribution in [3.05, 3.63) is 11.8 Å². The number of allylic oxidation sites excluding steroid dienone is 1. The molecule has 64 valence electrons. The molecule has 1 fully saturated rings. The molecule has 1 unspecified atom stereocenters. The fourth-order valence-corrected chi connectivity index (χ4v) is 1.05. The smallest absolute Gasteiger partial charge is 0.121 e. The minimum Gasteiger partial charge on any atom is -0.496 e. The molecule has 0 saturated carbocycles. The summed E-state index contributed by atoms with van der Waals surface area (Å²) in [5, 5.41) is 0. The van der Waals surface area contributed by atoms with Crippen LogP contribution in [0.15, 0.2) is 11.8 Å². The summed E-state index contributed by atoms with van der Waals surface area (Å²) in [6, 6.07) is 0. The highest BCUT2D eigenvalue weighted by molar-refractivity contribution is 4.87. The van der Waals surface area contributed by atoms with Gasteiger partial charge in [0.15, 0.2) is 0 Å². The van der Waals surface area contributed by atoms with Crippen LogP contribution in [-0.4, -0.2) is 19.3 Å². The molecule has 1 saturated heterocycles. The Kier molecular flexibility index (Phi) is 3.43. The summed E-state index contributed by atoms with van der Waals surface area (Å²) >= 11 is 0. The lowest BCUT2D eigenvalue weighted by molar-refractivity contribution is -0.0137. The second-order valence-electron chi connectivity index (χ2n) is 3.17. The molecule has 1 heterocycles. The fraction of sp³-hybridized carbons (Fsp3) is 0.778. The zero-order valence-corrected chi connectivity index (χ0v) is 7.30. The van der Waals surface area contributed by atoms with Crippen LogP contribution in [0, 0.1) is 0 Å².